The number of rotatable bonds is 4. The Labute approximate surface area is 129 Å². The van der Waals surface area contributed by atoms with Gasteiger partial charge in [0.05, 0.1) is 23.8 Å². The molecule has 0 N–H and O–H groups in total. The third-order valence-corrected chi connectivity index (χ3v) is 3.03. The highest BCUT2D eigenvalue weighted by atomic mass is 14.8. The average molecular weight is 285 g/mol. The SMILES string of the molecule is C(=Nc1cncc(N=Cc2ccccc2)c1)c1ccccc1. The summed E-state index contributed by atoms with van der Waals surface area (Å²) in [5.41, 5.74) is 3.68. The van der Waals surface area contributed by atoms with E-state index in [-0.39, 0.29) is 0 Å². The van der Waals surface area contributed by atoms with Crippen molar-refractivity contribution in [3.63, 3.8) is 0 Å². The van der Waals surface area contributed by atoms with Crippen LogP contribution in [0.25, 0.3) is 0 Å². The lowest BCUT2D eigenvalue weighted by Gasteiger charge is -1.97. The molecule has 0 aliphatic carbocycles. The van der Waals surface area contributed by atoms with Crippen molar-refractivity contribution in [1.29, 1.82) is 0 Å². The first kappa shape index (κ1) is 13.9. The van der Waals surface area contributed by atoms with E-state index in [0.717, 1.165) is 22.5 Å². The molecule has 1 heterocycles. The smallest absolute Gasteiger partial charge is 0.0834 e. The molecule has 0 amide bonds. The van der Waals surface area contributed by atoms with E-state index in [9.17, 15) is 0 Å². The minimum Gasteiger partial charge on any atom is -0.260 e. The van der Waals surface area contributed by atoms with E-state index in [1.165, 1.54) is 0 Å². The fourth-order valence-electron chi connectivity index (χ4n) is 1.93. The van der Waals surface area contributed by atoms with E-state index in [4.69, 9.17) is 0 Å². The Morgan fingerprint density at radius 2 is 1.09 bits per heavy atom. The van der Waals surface area contributed by atoms with Gasteiger partial charge in [0.2, 0.25) is 0 Å². The molecule has 0 unspecified atom stereocenters. The summed E-state index contributed by atoms with van der Waals surface area (Å²) in [5.74, 6) is 0. The van der Waals surface area contributed by atoms with Crippen LogP contribution in [0.3, 0.4) is 0 Å². The number of hydrogen-bond acceptors (Lipinski definition) is 3. The molecule has 0 spiro atoms. The topological polar surface area (TPSA) is 37.6 Å². The molecule has 3 heteroatoms. The van der Waals surface area contributed by atoms with E-state index >= 15 is 0 Å². The fourth-order valence-corrected chi connectivity index (χ4v) is 1.93. The van der Waals surface area contributed by atoms with E-state index < -0.39 is 0 Å². The predicted octanol–water partition coefficient (Wildman–Crippen LogP) is 4.58. The second-order valence-corrected chi connectivity index (χ2v) is 4.74. The second-order valence-electron chi connectivity index (χ2n) is 4.74. The Morgan fingerprint density at radius 1 is 0.636 bits per heavy atom. The summed E-state index contributed by atoms with van der Waals surface area (Å²) in [6, 6.07) is 21.9. The molecule has 0 saturated carbocycles. The first-order valence-corrected chi connectivity index (χ1v) is 7.03. The summed E-state index contributed by atoms with van der Waals surface area (Å²) in [4.78, 5) is 13.0. The van der Waals surface area contributed by atoms with Crippen LogP contribution >= 0.6 is 0 Å². The standard InChI is InChI=1S/C19H15N3/c1-3-7-16(8-4-1)12-21-18-11-19(15-20-14-18)22-13-17-9-5-2-6-10-17/h1-15H. The molecule has 0 fully saturated rings. The van der Waals surface area contributed by atoms with Crippen molar-refractivity contribution in [2.75, 3.05) is 0 Å². The number of nitrogens with zero attached hydrogens (tertiary/aromatic N) is 3. The molecule has 3 nitrogen and oxygen atoms in total. The molecule has 0 atom stereocenters. The van der Waals surface area contributed by atoms with Crippen LogP contribution in [0.5, 0.6) is 0 Å². The van der Waals surface area contributed by atoms with E-state index in [1.54, 1.807) is 12.4 Å². The highest BCUT2D eigenvalue weighted by Crippen LogP contribution is 2.18. The Hall–Kier alpha value is -3.07. The number of benzene rings is 2. The van der Waals surface area contributed by atoms with Crippen molar-refractivity contribution in [2.24, 2.45) is 9.98 Å². The van der Waals surface area contributed by atoms with Gasteiger partial charge in [-0.25, -0.2) is 0 Å². The number of aromatic nitrogens is 1. The maximum Gasteiger partial charge on any atom is 0.0834 e. The summed E-state index contributed by atoms with van der Waals surface area (Å²) >= 11 is 0. The molecule has 3 rings (SSSR count). The molecule has 0 aliphatic rings. The normalized spacial score (nSPS) is 11.3. The molecule has 0 saturated heterocycles. The highest BCUT2D eigenvalue weighted by Gasteiger charge is 1.93. The lowest BCUT2D eigenvalue weighted by Crippen LogP contribution is -1.80. The molecule has 0 radical (unpaired) electrons. The number of hydrogen-bond donors (Lipinski definition) is 0. The van der Waals surface area contributed by atoms with Gasteiger partial charge in [0.1, 0.15) is 0 Å². The molecular weight excluding hydrogens is 270 g/mol. The largest absolute Gasteiger partial charge is 0.260 e. The maximum atomic E-state index is 4.43. The van der Waals surface area contributed by atoms with Crippen molar-refractivity contribution < 1.29 is 0 Å². The first-order valence-electron chi connectivity index (χ1n) is 7.03. The zero-order chi connectivity index (χ0) is 15.0. The van der Waals surface area contributed by atoms with Crippen molar-refractivity contribution in [3.8, 4) is 0 Å². The quantitative estimate of drug-likeness (QED) is 0.646. The Kier molecular flexibility index (Phi) is 4.47. The van der Waals surface area contributed by atoms with Crippen LogP contribution in [0.15, 0.2) is 89.1 Å². The van der Waals surface area contributed by atoms with Gasteiger partial charge in [0.25, 0.3) is 0 Å². The van der Waals surface area contributed by atoms with Crippen molar-refractivity contribution >= 4 is 23.8 Å². The summed E-state index contributed by atoms with van der Waals surface area (Å²) in [7, 11) is 0. The fraction of sp³-hybridized carbons (Fsp3) is 0. The predicted molar refractivity (Wildman–Crippen MR) is 91.6 cm³/mol. The van der Waals surface area contributed by atoms with Gasteiger partial charge in [-0.2, -0.15) is 0 Å². The van der Waals surface area contributed by atoms with Gasteiger partial charge in [0.15, 0.2) is 0 Å². The maximum absolute atomic E-state index is 4.43. The summed E-state index contributed by atoms with van der Waals surface area (Å²) in [6.07, 6.45) is 7.09. The summed E-state index contributed by atoms with van der Waals surface area (Å²) < 4.78 is 0. The monoisotopic (exact) mass is 285 g/mol. The van der Waals surface area contributed by atoms with E-state index in [1.807, 2.05) is 79.2 Å². The molecule has 2 aromatic carbocycles. The van der Waals surface area contributed by atoms with Gasteiger partial charge >= 0.3 is 0 Å². The molecule has 106 valence electrons. The molecule has 0 aliphatic heterocycles. The zero-order valence-corrected chi connectivity index (χ0v) is 12.0. The Morgan fingerprint density at radius 3 is 1.55 bits per heavy atom. The average Bonchev–Trinajstić information content (AvgIpc) is 2.60. The Bertz CT molecular complexity index is 713. The third kappa shape index (κ3) is 3.96. The van der Waals surface area contributed by atoms with Gasteiger partial charge in [0, 0.05) is 12.4 Å². The van der Waals surface area contributed by atoms with Gasteiger partial charge in [-0.05, 0) is 17.2 Å². The Balaban J connectivity index is 1.75. The van der Waals surface area contributed by atoms with E-state index in [0.29, 0.717) is 0 Å². The number of pyridine rings is 1. The first-order chi connectivity index (χ1) is 10.9. The summed E-state index contributed by atoms with van der Waals surface area (Å²) in [5, 5.41) is 0. The van der Waals surface area contributed by atoms with Crippen molar-refractivity contribution in [2.45, 2.75) is 0 Å². The van der Waals surface area contributed by atoms with Crippen LogP contribution in [-0.4, -0.2) is 17.4 Å². The van der Waals surface area contributed by atoms with Crippen LogP contribution in [0.4, 0.5) is 11.4 Å². The molecule has 1 aromatic heterocycles. The minimum atomic E-state index is 0.784. The zero-order valence-electron chi connectivity index (χ0n) is 12.0. The van der Waals surface area contributed by atoms with Crippen molar-refractivity contribution in [1.82, 2.24) is 4.98 Å². The molecule has 22 heavy (non-hydrogen) atoms. The van der Waals surface area contributed by atoms with Crippen molar-refractivity contribution in [3.05, 3.63) is 90.3 Å². The van der Waals surface area contributed by atoms with Crippen LogP contribution in [-0.2, 0) is 0 Å². The van der Waals surface area contributed by atoms with Gasteiger partial charge in [-0.1, -0.05) is 60.7 Å². The second kappa shape index (κ2) is 7.09. The lowest BCUT2D eigenvalue weighted by atomic mass is 10.2. The molecule has 0 bridgehead atoms. The van der Waals surface area contributed by atoms with Gasteiger partial charge < -0.3 is 0 Å². The molecular formula is C19H15N3. The van der Waals surface area contributed by atoms with Crippen LogP contribution < -0.4 is 0 Å². The van der Waals surface area contributed by atoms with Crippen LogP contribution in [0.1, 0.15) is 11.1 Å². The highest BCUT2D eigenvalue weighted by molar-refractivity contribution is 5.83. The number of aliphatic imine (C=N–C) groups is 2. The molecule has 3 aromatic rings. The minimum absolute atomic E-state index is 0.784. The van der Waals surface area contributed by atoms with Gasteiger partial charge in [-0.3, -0.25) is 15.0 Å². The van der Waals surface area contributed by atoms with Crippen LogP contribution in [0, 0.1) is 0 Å². The lowest BCUT2D eigenvalue weighted by molar-refractivity contribution is 1.29. The van der Waals surface area contributed by atoms with Gasteiger partial charge in [-0.15, -0.1) is 0 Å². The van der Waals surface area contributed by atoms with Crippen LogP contribution in [0.2, 0.25) is 0 Å². The summed E-state index contributed by atoms with van der Waals surface area (Å²) in [6.45, 7) is 0. The van der Waals surface area contributed by atoms with E-state index in [2.05, 4.69) is 15.0 Å². The third-order valence-electron chi connectivity index (χ3n) is 3.03.